The van der Waals surface area contributed by atoms with Gasteiger partial charge in [0.2, 0.25) is 5.91 Å². The Hall–Kier alpha value is -2.37. The summed E-state index contributed by atoms with van der Waals surface area (Å²) in [6.07, 6.45) is -0.0138. The van der Waals surface area contributed by atoms with E-state index in [-0.39, 0.29) is 25.3 Å². The summed E-state index contributed by atoms with van der Waals surface area (Å²) in [6, 6.07) is 3.88. The number of hydrogen-bond acceptors (Lipinski definition) is 4. The summed E-state index contributed by atoms with van der Waals surface area (Å²) in [4.78, 5) is 22.1. The number of hydrogen-bond donors (Lipinski definition) is 2. The van der Waals surface area contributed by atoms with Crippen LogP contribution in [0.15, 0.2) is 16.7 Å². The maximum Gasteiger partial charge on any atom is 0.305 e. The molecule has 0 bridgehead atoms. The standard InChI is InChI=1S/C14H16N2O4/c1-8-5-9(2)14-10(16-20-11(14)6-8)7-12(17)15-4-3-13(18)19/h5-6H,3-4,7H2,1-2H3,(H,15,17)(H,18,19). The van der Waals surface area contributed by atoms with Gasteiger partial charge in [-0.05, 0) is 31.0 Å². The Balaban J connectivity index is 2.10. The minimum Gasteiger partial charge on any atom is -0.481 e. The Morgan fingerprint density at radius 3 is 2.80 bits per heavy atom. The number of aromatic nitrogens is 1. The van der Waals surface area contributed by atoms with Crippen molar-refractivity contribution >= 4 is 22.8 Å². The van der Waals surface area contributed by atoms with E-state index in [1.54, 1.807) is 0 Å². The lowest BCUT2D eigenvalue weighted by molar-refractivity contribution is -0.136. The van der Waals surface area contributed by atoms with Crippen molar-refractivity contribution in [2.24, 2.45) is 0 Å². The van der Waals surface area contributed by atoms with Crippen LogP contribution in [0.2, 0.25) is 0 Å². The zero-order valence-corrected chi connectivity index (χ0v) is 11.4. The summed E-state index contributed by atoms with van der Waals surface area (Å²) >= 11 is 0. The van der Waals surface area contributed by atoms with Crippen molar-refractivity contribution in [1.82, 2.24) is 10.5 Å². The first kappa shape index (κ1) is 14.0. The number of rotatable bonds is 5. The fraction of sp³-hybridized carbons (Fsp3) is 0.357. The predicted molar refractivity (Wildman–Crippen MR) is 72.4 cm³/mol. The van der Waals surface area contributed by atoms with E-state index >= 15 is 0 Å². The van der Waals surface area contributed by atoms with Gasteiger partial charge in [-0.2, -0.15) is 0 Å². The third-order valence-corrected chi connectivity index (χ3v) is 2.98. The molecule has 0 fully saturated rings. The van der Waals surface area contributed by atoms with Crippen LogP contribution < -0.4 is 5.32 Å². The van der Waals surface area contributed by atoms with Crippen molar-refractivity contribution in [3.8, 4) is 0 Å². The molecule has 20 heavy (non-hydrogen) atoms. The van der Waals surface area contributed by atoms with Crippen LogP contribution in [0.3, 0.4) is 0 Å². The van der Waals surface area contributed by atoms with Crippen LogP contribution >= 0.6 is 0 Å². The lowest BCUT2D eigenvalue weighted by Crippen LogP contribution is -2.27. The number of fused-ring (bicyclic) bond motifs is 1. The number of benzene rings is 1. The second-order valence-electron chi connectivity index (χ2n) is 4.75. The van der Waals surface area contributed by atoms with E-state index in [0.29, 0.717) is 11.3 Å². The van der Waals surface area contributed by atoms with Crippen molar-refractivity contribution in [3.63, 3.8) is 0 Å². The summed E-state index contributed by atoms with van der Waals surface area (Å²) in [5.41, 5.74) is 3.32. The van der Waals surface area contributed by atoms with Gasteiger partial charge in [-0.3, -0.25) is 9.59 Å². The van der Waals surface area contributed by atoms with Gasteiger partial charge in [0.25, 0.3) is 0 Å². The van der Waals surface area contributed by atoms with E-state index in [1.165, 1.54) is 0 Å². The average molecular weight is 276 g/mol. The molecule has 6 heteroatoms. The highest BCUT2D eigenvalue weighted by atomic mass is 16.5. The lowest BCUT2D eigenvalue weighted by atomic mass is 10.0. The molecule has 0 aliphatic rings. The van der Waals surface area contributed by atoms with Crippen LogP contribution in [0.1, 0.15) is 23.2 Å². The Morgan fingerprint density at radius 1 is 1.35 bits per heavy atom. The van der Waals surface area contributed by atoms with Gasteiger partial charge < -0.3 is 14.9 Å². The monoisotopic (exact) mass is 276 g/mol. The molecule has 0 saturated heterocycles. The maximum absolute atomic E-state index is 11.7. The molecule has 0 unspecified atom stereocenters. The van der Waals surface area contributed by atoms with E-state index < -0.39 is 5.97 Å². The highest BCUT2D eigenvalue weighted by Gasteiger charge is 2.14. The van der Waals surface area contributed by atoms with Gasteiger partial charge in [0.15, 0.2) is 5.58 Å². The molecule has 2 rings (SSSR count). The van der Waals surface area contributed by atoms with Crippen molar-refractivity contribution in [2.45, 2.75) is 26.7 Å². The molecule has 1 aromatic heterocycles. The predicted octanol–water partition coefficient (Wildman–Crippen LogP) is 1.58. The van der Waals surface area contributed by atoms with Gasteiger partial charge >= 0.3 is 5.97 Å². The summed E-state index contributed by atoms with van der Waals surface area (Å²) in [5.74, 6) is -1.20. The van der Waals surface area contributed by atoms with Crippen molar-refractivity contribution < 1.29 is 19.2 Å². The Labute approximate surface area is 115 Å². The van der Waals surface area contributed by atoms with Crippen molar-refractivity contribution in [1.29, 1.82) is 0 Å². The topological polar surface area (TPSA) is 92.4 Å². The minimum absolute atomic E-state index is 0.0799. The van der Waals surface area contributed by atoms with E-state index in [4.69, 9.17) is 9.63 Å². The van der Waals surface area contributed by atoms with Crippen LogP contribution in [0.25, 0.3) is 11.0 Å². The second kappa shape index (κ2) is 5.73. The molecule has 0 aliphatic carbocycles. The largest absolute Gasteiger partial charge is 0.481 e. The average Bonchev–Trinajstić information content (AvgIpc) is 2.71. The van der Waals surface area contributed by atoms with Crippen LogP contribution in [-0.4, -0.2) is 28.7 Å². The first-order valence-electron chi connectivity index (χ1n) is 6.31. The SMILES string of the molecule is Cc1cc(C)c2c(CC(=O)NCCC(=O)O)noc2c1. The lowest BCUT2D eigenvalue weighted by Gasteiger charge is -2.02. The summed E-state index contributed by atoms with van der Waals surface area (Å²) in [5, 5.41) is 15.8. The van der Waals surface area contributed by atoms with Crippen LogP contribution in [0, 0.1) is 13.8 Å². The molecule has 0 radical (unpaired) electrons. The number of carboxylic acid groups (broad SMARTS) is 1. The first-order valence-corrected chi connectivity index (χ1v) is 6.31. The minimum atomic E-state index is -0.941. The summed E-state index contributed by atoms with van der Waals surface area (Å²) in [7, 11) is 0. The normalized spacial score (nSPS) is 10.7. The van der Waals surface area contributed by atoms with E-state index in [0.717, 1.165) is 16.5 Å². The quantitative estimate of drug-likeness (QED) is 0.864. The second-order valence-corrected chi connectivity index (χ2v) is 4.75. The van der Waals surface area contributed by atoms with Crippen molar-refractivity contribution in [3.05, 3.63) is 29.0 Å². The van der Waals surface area contributed by atoms with Gasteiger partial charge in [0.05, 0.1) is 12.8 Å². The third-order valence-electron chi connectivity index (χ3n) is 2.98. The van der Waals surface area contributed by atoms with Crippen molar-refractivity contribution in [2.75, 3.05) is 6.54 Å². The number of aliphatic carboxylic acids is 1. The molecule has 1 amide bonds. The van der Waals surface area contributed by atoms with E-state index in [2.05, 4.69) is 10.5 Å². The van der Waals surface area contributed by atoms with Crippen LogP contribution in [0.4, 0.5) is 0 Å². The Bertz CT molecular complexity index is 660. The van der Waals surface area contributed by atoms with Crippen LogP contribution in [0.5, 0.6) is 0 Å². The van der Waals surface area contributed by atoms with Crippen LogP contribution in [-0.2, 0) is 16.0 Å². The van der Waals surface area contributed by atoms with Gasteiger partial charge in [0, 0.05) is 11.9 Å². The molecule has 0 aliphatic heterocycles. The fourth-order valence-corrected chi connectivity index (χ4v) is 2.16. The molecule has 6 nitrogen and oxygen atoms in total. The smallest absolute Gasteiger partial charge is 0.305 e. The van der Waals surface area contributed by atoms with Gasteiger partial charge in [0.1, 0.15) is 5.69 Å². The third kappa shape index (κ3) is 3.14. The van der Waals surface area contributed by atoms with Gasteiger partial charge in [-0.1, -0.05) is 11.2 Å². The molecular weight excluding hydrogens is 260 g/mol. The summed E-state index contributed by atoms with van der Waals surface area (Å²) < 4.78 is 5.23. The number of carbonyl (C=O) groups excluding carboxylic acids is 1. The van der Waals surface area contributed by atoms with Gasteiger partial charge in [-0.15, -0.1) is 0 Å². The summed E-state index contributed by atoms with van der Waals surface area (Å²) in [6.45, 7) is 4.02. The molecule has 106 valence electrons. The Morgan fingerprint density at radius 2 is 2.10 bits per heavy atom. The molecular formula is C14H16N2O4. The zero-order valence-electron chi connectivity index (χ0n) is 11.4. The number of aryl methyl sites for hydroxylation is 2. The molecule has 0 spiro atoms. The number of nitrogens with zero attached hydrogens (tertiary/aromatic N) is 1. The van der Waals surface area contributed by atoms with Gasteiger partial charge in [-0.25, -0.2) is 0 Å². The number of carboxylic acids is 1. The maximum atomic E-state index is 11.7. The van der Waals surface area contributed by atoms with E-state index in [9.17, 15) is 9.59 Å². The molecule has 1 aromatic carbocycles. The molecule has 0 atom stereocenters. The molecule has 2 aromatic rings. The first-order chi connectivity index (χ1) is 9.47. The fourth-order valence-electron chi connectivity index (χ4n) is 2.16. The Kier molecular flexibility index (Phi) is 4.02. The number of carbonyl (C=O) groups is 2. The highest BCUT2D eigenvalue weighted by molar-refractivity contribution is 5.88. The molecule has 1 heterocycles. The molecule has 0 saturated carbocycles. The van der Waals surface area contributed by atoms with E-state index in [1.807, 2.05) is 26.0 Å². The number of amides is 1. The highest BCUT2D eigenvalue weighted by Crippen LogP contribution is 2.24. The zero-order chi connectivity index (χ0) is 14.7. The number of nitrogens with one attached hydrogen (secondary N) is 1. The molecule has 2 N–H and O–H groups in total.